The van der Waals surface area contributed by atoms with E-state index in [9.17, 15) is 13.2 Å². The largest absolute Gasteiger partial charge is 0.352 e. The van der Waals surface area contributed by atoms with Crippen molar-refractivity contribution < 1.29 is 13.2 Å². The molecular formula is C21H26ClN3O3S. The van der Waals surface area contributed by atoms with E-state index in [1.54, 1.807) is 30.3 Å². The van der Waals surface area contributed by atoms with Crippen LogP contribution >= 0.6 is 11.6 Å². The van der Waals surface area contributed by atoms with Gasteiger partial charge in [-0.25, -0.2) is 8.42 Å². The third-order valence-electron chi connectivity index (χ3n) is 5.16. The van der Waals surface area contributed by atoms with Crippen LogP contribution in [0, 0.1) is 5.92 Å². The molecule has 0 bridgehead atoms. The molecule has 1 amide bonds. The van der Waals surface area contributed by atoms with E-state index in [0.717, 1.165) is 32.4 Å². The van der Waals surface area contributed by atoms with Crippen molar-refractivity contribution in [3.05, 3.63) is 59.1 Å². The van der Waals surface area contributed by atoms with Gasteiger partial charge >= 0.3 is 0 Å². The van der Waals surface area contributed by atoms with Gasteiger partial charge in [0.05, 0.1) is 10.6 Å². The van der Waals surface area contributed by atoms with Gasteiger partial charge in [0, 0.05) is 17.1 Å². The summed E-state index contributed by atoms with van der Waals surface area (Å²) in [5, 5.41) is 3.34. The molecule has 2 N–H and O–H groups in total. The zero-order valence-electron chi connectivity index (χ0n) is 16.4. The summed E-state index contributed by atoms with van der Waals surface area (Å²) in [4.78, 5) is 14.8. The van der Waals surface area contributed by atoms with Gasteiger partial charge in [-0.15, -0.1) is 0 Å². The van der Waals surface area contributed by atoms with Crippen molar-refractivity contribution in [2.45, 2.75) is 24.2 Å². The number of amides is 1. The molecule has 8 heteroatoms. The van der Waals surface area contributed by atoms with Gasteiger partial charge < -0.3 is 10.2 Å². The molecule has 0 atom stereocenters. The van der Waals surface area contributed by atoms with Crippen molar-refractivity contribution in [3.63, 3.8) is 0 Å². The summed E-state index contributed by atoms with van der Waals surface area (Å²) in [6.45, 7) is 2.78. The lowest BCUT2D eigenvalue weighted by molar-refractivity contribution is 0.0948. The van der Waals surface area contributed by atoms with E-state index in [1.807, 2.05) is 0 Å². The standard InChI is InChI=1S/C21H26ClN3O3S/c1-25-12-9-16(10-13-25)8-11-23-21(26)17-4-2-7-20(14-17)29(27,28)24-19-6-3-5-18(22)15-19/h2-7,14-16,24H,8-13H2,1H3,(H,23,26). The summed E-state index contributed by atoms with van der Waals surface area (Å²) in [5.41, 5.74) is 0.688. The Kier molecular flexibility index (Phi) is 7.16. The number of anilines is 1. The van der Waals surface area contributed by atoms with Crippen LogP contribution in [0.5, 0.6) is 0 Å². The Balaban J connectivity index is 1.60. The number of carbonyl (C=O) groups excluding carboxylic acids is 1. The van der Waals surface area contributed by atoms with Crippen LogP contribution in [0.25, 0.3) is 0 Å². The van der Waals surface area contributed by atoms with Gasteiger partial charge in [0.1, 0.15) is 0 Å². The third kappa shape index (κ3) is 6.19. The Morgan fingerprint density at radius 3 is 2.59 bits per heavy atom. The highest BCUT2D eigenvalue weighted by atomic mass is 35.5. The SMILES string of the molecule is CN1CCC(CCNC(=O)c2cccc(S(=O)(=O)Nc3cccc(Cl)c3)c2)CC1. The fraction of sp³-hybridized carbons (Fsp3) is 0.381. The number of carbonyl (C=O) groups is 1. The van der Waals surface area contributed by atoms with Crippen LogP contribution in [0.3, 0.4) is 0 Å². The van der Waals surface area contributed by atoms with E-state index < -0.39 is 10.0 Å². The maximum atomic E-state index is 12.6. The number of rotatable bonds is 7. The Morgan fingerprint density at radius 2 is 1.86 bits per heavy atom. The molecule has 1 saturated heterocycles. The van der Waals surface area contributed by atoms with Crippen molar-refractivity contribution in [2.24, 2.45) is 5.92 Å². The molecule has 0 aromatic heterocycles. The highest BCUT2D eigenvalue weighted by Gasteiger charge is 2.18. The topological polar surface area (TPSA) is 78.5 Å². The number of sulfonamides is 1. The molecule has 2 aromatic carbocycles. The molecule has 1 aliphatic heterocycles. The van der Waals surface area contributed by atoms with Gasteiger partial charge in [-0.3, -0.25) is 9.52 Å². The predicted octanol–water partition coefficient (Wildman–Crippen LogP) is 3.60. The summed E-state index contributed by atoms with van der Waals surface area (Å²) >= 11 is 5.91. The van der Waals surface area contributed by atoms with Gasteiger partial charge in [0.25, 0.3) is 15.9 Å². The van der Waals surface area contributed by atoms with Crippen LogP contribution in [-0.4, -0.2) is 45.9 Å². The normalized spacial score (nSPS) is 15.8. The van der Waals surface area contributed by atoms with Crippen LogP contribution in [0.1, 0.15) is 29.6 Å². The molecule has 0 radical (unpaired) electrons. The third-order valence-corrected chi connectivity index (χ3v) is 6.77. The van der Waals surface area contributed by atoms with E-state index in [4.69, 9.17) is 11.6 Å². The zero-order valence-corrected chi connectivity index (χ0v) is 18.0. The zero-order chi connectivity index (χ0) is 20.9. The number of piperidine rings is 1. The lowest BCUT2D eigenvalue weighted by atomic mass is 9.94. The summed E-state index contributed by atoms with van der Waals surface area (Å²) in [7, 11) is -1.70. The fourth-order valence-electron chi connectivity index (χ4n) is 3.41. The first kappa shape index (κ1) is 21.6. The monoisotopic (exact) mass is 435 g/mol. The van der Waals surface area contributed by atoms with Gasteiger partial charge in [0.15, 0.2) is 0 Å². The Bertz CT molecular complexity index is 957. The van der Waals surface area contributed by atoms with Crippen LogP contribution in [0.4, 0.5) is 5.69 Å². The van der Waals surface area contributed by atoms with E-state index in [-0.39, 0.29) is 10.8 Å². The number of benzene rings is 2. The van der Waals surface area contributed by atoms with Crippen LogP contribution < -0.4 is 10.0 Å². The second-order valence-corrected chi connectivity index (χ2v) is 9.55. The van der Waals surface area contributed by atoms with Gasteiger partial charge in [-0.2, -0.15) is 0 Å². The average Bonchev–Trinajstić information content (AvgIpc) is 2.69. The Labute approximate surface area is 177 Å². The molecule has 2 aromatic rings. The molecule has 0 aliphatic carbocycles. The van der Waals surface area contributed by atoms with Gasteiger partial charge in [-0.1, -0.05) is 23.7 Å². The minimum atomic E-state index is -3.82. The second-order valence-electron chi connectivity index (χ2n) is 7.43. The molecular weight excluding hydrogens is 410 g/mol. The number of likely N-dealkylation sites (tertiary alicyclic amines) is 1. The maximum Gasteiger partial charge on any atom is 0.261 e. The molecule has 29 heavy (non-hydrogen) atoms. The van der Waals surface area contributed by atoms with Crippen molar-refractivity contribution >= 4 is 33.2 Å². The van der Waals surface area contributed by atoms with E-state index in [1.165, 1.54) is 18.2 Å². The minimum absolute atomic E-state index is 0.0282. The molecule has 1 aliphatic rings. The highest BCUT2D eigenvalue weighted by Crippen LogP contribution is 2.21. The first-order valence-corrected chi connectivity index (χ1v) is 11.5. The minimum Gasteiger partial charge on any atom is -0.352 e. The van der Waals surface area contributed by atoms with Gasteiger partial charge in [-0.05, 0) is 81.7 Å². The summed E-state index contributed by atoms with van der Waals surface area (Å²) < 4.78 is 27.8. The van der Waals surface area contributed by atoms with E-state index in [2.05, 4.69) is 22.0 Å². The second kappa shape index (κ2) is 9.61. The van der Waals surface area contributed by atoms with Gasteiger partial charge in [0.2, 0.25) is 0 Å². The lowest BCUT2D eigenvalue weighted by Gasteiger charge is -2.28. The number of halogens is 1. The van der Waals surface area contributed by atoms with Crippen molar-refractivity contribution in [2.75, 3.05) is 31.4 Å². The average molecular weight is 436 g/mol. The number of hydrogen-bond donors (Lipinski definition) is 2. The number of nitrogens with one attached hydrogen (secondary N) is 2. The first-order chi connectivity index (χ1) is 13.8. The summed E-state index contributed by atoms with van der Waals surface area (Å²) in [6.07, 6.45) is 3.23. The molecule has 3 rings (SSSR count). The summed E-state index contributed by atoms with van der Waals surface area (Å²) in [5.74, 6) is 0.359. The molecule has 0 saturated carbocycles. The first-order valence-electron chi connectivity index (χ1n) is 9.69. The van der Waals surface area contributed by atoms with Crippen molar-refractivity contribution in [1.29, 1.82) is 0 Å². The predicted molar refractivity (Wildman–Crippen MR) is 116 cm³/mol. The Hall–Kier alpha value is -2.09. The van der Waals surface area contributed by atoms with Crippen LogP contribution in [0.15, 0.2) is 53.4 Å². The molecule has 6 nitrogen and oxygen atoms in total. The van der Waals surface area contributed by atoms with E-state index in [0.29, 0.717) is 28.7 Å². The summed E-state index contributed by atoms with van der Waals surface area (Å²) in [6, 6.07) is 12.5. The fourth-order valence-corrected chi connectivity index (χ4v) is 4.70. The highest BCUT2D eigenvalue weighted by molar-refractivity contribution is 7.92. The lowest BCUT2D eigenvalue weighted by Crippen LogP contribution is -2.32. The Morgan fingerprint density at radius 1 is 1.14 bits per heavy atom. The number of nitrogens with zero attached hydrogens (tertiary/aromatic N) is 1. The van der Waals surface area contributed by atoms with E-state index >= 15 is 0 Å². The smallest absolute Gasteiger partial charge is 0.261 e. The molecule has 1 fully saturated rings. The van der Waals surface area contributed by atoms with Crippen LogP contribution in [-0.2, 0) is 10.0 Å². The van der Waals surface area contributed by atoms with Crippen molar-refractivity contribution in [3.8, 4) is 0 Å². The van der Waals surface area contributed by atoms with Crippen LogP contribution in [0.2, 0.25) is 5.02 Å². The molecule has 0 spiro atoms. The maximum absolute atomic E-state index is 12.6. The molecule has 0 unspecified atom stereocenters. The number of hydrogen-bond acceptors (Lipinski definition) is 4. The molecule has 156 valence electrons. The molecule has 1 heterocycles. The van der Waals surface area contributed by atoms with Crippen molar-refractivity contribution in [1.82, 2.24) is 10.2 Å². The quantitative estimate of drug-likeness (QED) is 0.696.